The monoisotopic (exact) mass is 352 g/mol. The summed E-state index contributed by atoms with van der Waals surface area (Å²) in [6, 6.07) is 6.62. The number of benzene rings is 1. The number of hydrogen-bond acceptors (Lipinski definition) is 3. The molecule has 1 aliphatic heterocycles. The molecule has 0 N–H and O–H groups in total. The van der Waals surface area contributed by atoms with Crippen molar-refractivity contribution in [3.8, 4) is 6.07 Å². The van der Waals surface area contributed by atoms with Gasteiger partial charge in [-0.15, -0.1) is 0 Å². The Labute approximate surface area is 147 Å². The number of halogens is 2. The largest absolute Gasteiger partial charge is 0.444 e. The third kappa shape index (κ3) is 4.61. The Bertz CT molecular complexity index is 656. The number of carbonyl (C=O) groups excluding carboxylic acids is 1. The lowest BCUT2D eigenvalue weighted by Crippen LogP contribution is -2.45. The number of nitriles is 1. The van der Waals surface area contributed by atoms with E-state index in [0.29, 0.717) is 37.4 Å². The van der Waals surface area contributed by atoms with Crippen LogP contribution in [0.3, 0.4) is 0 Å². The van der Waals surface area contributed by atoms with Gasteiger partial charge in [0.2, 0.25) is 0 Å². The van der Waals surface area contributed by atoms with E-state index in [1.165, 1.54) is 12.1 Å². The van der Waals surface area contributed by atoms with Crippen molar-refractivity contribution >= 4 is 17.7 Å². The Balaban J connectivity index is 2.04. The van der Waals surface area contributed by atoms with E-state index in [9.17, 15) is 14.4 Å². The number of hydrogen-bond donors (Lipinski definition) is 0. The lowest BCUT2D eigenvalue weighted by Gasteiger charge is -2.38. The van der Waals surface area contributed by atoms with Crippen molar-refractivity contribution in [2.24, 2.45) is 5.41 Å². The van der Waals surface area contributed by atoms with Gasteiger partial charge in [0.15, 0.2) is 0 Å². The standard InChI is InChI=1S/C18H22ClFN2O2/c1-17(2,3)24-16(23)22-8-6-18(12-21,7-9-22)11-13-4-5-14(20)10-15(13)19/h4-5,10H,6-9,11H2,1-3H3. The van der Waals surface area contributed by atoms with Gasteiger partial charge in [-0.2, -0.15) is 5.26 Å². The van der Waals surface area contributed by atoms with Crippen LogP contribution in [0.15, 0.2) is 18.2 Å². The van der Waals surface area contributed by atoms with Gasteiger partial charge in [-0.3, -0.25) is 0 Å². The van der Waals surface area contributed by atoms with Crippen molar-refractivity contribution in [3.05, 3.63) is 34.6 Å². The van der Waals surface area contributed by atoms with E-state index in [0.717, 1.165) is 5.56 Å². The molecule has 0 atom stereocenters. The third-order valence-corrected chi connectivity index (χ3v) is 4.51. The summed E-state index contributed by atoms with van der Waals surface area (Å²) in [5, 5.41) is 9.99. The van der Waals surface area contributed by atoms with Gasteiger partial charge >= 0.3 is 6.09 Å². The summed E-state index contributed by atoms with van der Waals surface area (Å²) >= 11 is 6.09. The maximum Gasteiger partial charge on any atom is 0.410 e. The smallest absolute Gasteiger partial charge is 0.410 e. The Morgan fingerprint density at radius 2 is 2.04 bits per heavy atom. The molecule has 2 rings (SSSR count). The SMILES string of the molecule is CC(C)(C)OC(=O)N1CCC(C#N)(Cc2ccc(F)cc2Cl)CC1. The molecule has 0 saturated carbocycles. The van der Waals surface area contributed by atoms with Gasteiger partial charge in [-0.1, -0.05) is 17.7 Å². The molecule has 0 unspecified atom stereocenters. The Morgan fingerprint density at radius 3 is 2.54 bits per heavy atom. The average Bonchev–Trinajstić information content (AvgIpc) is 2.49. The van der Waals surface area contributed by atoms with Crippen molar-refractivity contribution in [3.63, 3.8) is 0 Å². The molecule has 0 spiro atoms. The molecule has 6 heteroatoms. The fourth-order valence-electron chi connectivity index (χ4n) is 2.80. The molecule has 0 bridgehead atoms. The van der Waals surface area contributed by atoms with Crippen molar-refractivity contribution in [1.82, 2.24) is 4.90 Å². The second kappa shape index (κ2) is 6.98. The number of amides is 1. The molecule has 1 amide bonds. The van der Waals surface area contributed by atoms with Crippen LogP contribution in [0, 0.1) is 22.6 Å². The number of carbonyl (C=O) groups is 1. The molecule has 24 heavy (non-hydrogen) atoms. The quantitative estimate of drug-likeness (QED) is 0.783. The molecule has 0 radical (unpaired) electrons. The summed E-state index contributed by atoms with van der Waals surface area (Å²) in [5.41, 5.74) is -0.382. The first-order valence-corrected chi connectivity index (χ1v) is 8.35. The second-order valence-corrected chi connectivity index (χ2v) is 7.68. The van der Waals surface area contributed by atoms with Crippen molar-refractivity contribution in [1.29, 1.82) is 5.26 Å². The van der Waals surface area contributed by atoms with Gasteiger partial charge in [0.05, 0.1) is 11.5 Å². The van der Waals surface area contributed by atoms with E-state index < -0.39 is 16.8 Å². The minimum Gasteiger partial charge on any atom is -0.444 e. The van der Waals surface area contributed by atoms with Crippen LogP contribution in [-0.4, -0.2) is 29.7 Å². The molecule has 0 aliphatic carbocycles. The maximum absolute atomic E-state index is 13.2. The van der Waals surface area contributed by atoms with E-state index >= 15 is 0 Å². The molecule has 130 valence electrons. The predicted molar refractivity (Wildman–Crippen MR) is 90.2 cm³/mol. The number of rotatable bonds is 2. The van der Waals surface area contributed by atoms with Gasteiger partial charge in [-0.05, 0) is 57.7 Å². The third-order valence-electron chi connectivity index (χ3n) is 4.15. The Morgan fingerprint density at radius 1 is 1.42 bits per heavy atom. The molecule has 1 heterocycles. The molecular formula is C18H22ClFN2O2. The molecule has 1 aliphatic rings. The summed E-state index contributed by atoms with van der Waals surface area (Å²) in [6.07, 6.45) is 1.17. The first-order chi connectivity index (χ1) is 11.1. The van der Waals surface area contributed by atoms with E-state index in [1.54, 1.807) is 11.0 Å². The zero-order valence-corrected chi connectivity index (χ0v) is 15.0. The Hall–Kier alpha value is -1.80. The van der Waals surface area contributed by atoms with Crippen LogP contribution >= 0.6 is 11.6 Å². The van der Waals surface area contributed by atoms with Gasteiger partial charge in [0, 0.05) is 18.1 Å². The fraction of sp³-hybridized carbons (Fsp3) is 0.556. The number of ether oxygens (including phenoxy) is 1. The molecule has 4 nitrogen and oxygen atoms in total. The average molecular weight is 353 g/mol. The zero-order chi connectivity index (χ0) is 18.0. The second-order valence-electron chi connectivity index (χ2n) is 7.27. The summed E-state index contributed by atoms with van der Waals surface area (Å²) in [7, 11) is 0. The van der Waals surface area contributed by atoms with E-state index in [2.05, 4.69) is 6.07 Å². The summed E-state index contributed by atoms with van der Waals surface area (Å²) in [6.45, 7) is 6.39. The molecule has 1 fully saturated rings. The van der Waals surface area contributed by atoms with Crippen LogP contribution in [0.1, 0.15) is 39.2 Å². The van der Waals surface area contributed by atoms with Crippen LogP contribution in [0.5, 0.6) is 0 Å². The highest BCUT2D eigenvalue weighted by Gasteiger charge is 2.37. The minimum absolute atomic E-state index is 0.333. The normalized spacial score (nSPS) is 17.2. The van der Waals surface area contributed by atoms with Crippen molar-refractivity contribution in [2.75, 3.05) is 13.1 Å². The maximum atomic E-state index is 13.2. The topological polar surface area (TPSA) is 53.3 Å². The molecule has 0 aromatic heterocycles. The van der Waals surface area contributed by atoms with Gasteiger partial charge in [0.1, 0.15) is 11.4 Å². The lowest BCUT2D eigenvalue weighted by molar-refractivity contribution is 0.0148. The highest BCUT2D eigenvalue weighted by Crippen LogP contribution is 2.36. The number of likely N-dealkylation sites (tertiary alicyclic amines) is 1. The highest BCUT2D eigenvalue weighted by molar-refractivity contribution is 6.31. The molecule has 1 saturated heterocycles. The fourth-order valence-corrected chi connectivity index (χ4v) is 3.04. The van der Waals surface area contributed by atoms with E-state index in [-0.39, 0.29) is 6.09 Å². The summed E-state index contributed by atoms with van der Waals surface area (Å²) in [4.78, 5) is 13.8. The molecule has 1 aromatic rings. The van der Waals surface area contributed by atoms with Crippen molar-refractivity contribution < 1.29 is 13.9 Å². The predicted octanol–water partition coefficient (Wildman–Crippen LogP) is 4.56. The summed E-state index contributed by atoms with van der Waals surface area (Å²) < 4.78 is 18.5. The zero-order valence-electron chi connectivity index (χ0n) is 14.2. The first kappa shape index (κ1) is 18.5. The van der Waals surface area contributed by atoms with E-state index in [4.69, 9.17) is 16.3 Å². The van der Waals surface area contributed by atoms with Gasteiger partial charge in [-0.25, -0.2) is 9.18 Å². The van der Waals surface area contributed by atoms with Crippen LogP contribution in [0.25, 0.3) is 0 Å². The molecular weight excluding hydrogens is 331 g/mol. The van der Waals surface area contributed by atoms with Gasteiger partial charge in [0.25, 0.3) is 0 Å². The minimum atomic E-state index is -0.597. The van der Waals surface area contributed by atoms with E-state index in [1.807, 2.05) is 20.8 Å². The van der Waals surface area contributed by atoms with Crippen molar-refractivity contribution in [2.45, 2.75) is 45.6 Å². The summed E-state index contributed by atoms with van der Waals surface area (Å²) in [5.74, 6) is -0.394. The lowest BCUT2D eigenvalue weighted by atomic mass is 9.75. The van der Waals surface area contributed by atoms with Crippen LogP contribution in [0.4, 0.5) is 9.18 Å². The van der Waals surface area contributed by atoms with Crippen LogP contribution in [0.2, 0.25) is 5.02 Å². The van der Waals surface area contributed by atoms with Gasteiger partial charge < -0.3 is 9.64 Å². The number of piperidine rings is 1. The van der Waals surface area contributed by atoms with Crippen LogP contribution < -0.4 is 0 Å². The van der Waals surface area contributed by atoms with Crippen LogP contribution in [-0.2, 0) is 11.2 Å². The molecule has 1 aromatic carbocycles. The Kier molecular flexibility index (Phi) is 5.39. The number of nitrogens with zero attached hydrogens (tertiary/aromatic N) is 2. The highest BCUT2D eigenvalue weighted by atomic mass is 35.5. The first-order valence-electron chi connectivity index (χ1n) is 7.97.